The number of benzene rings is 4. The van der Waals surface area contributed by atoms with Gasteiger partial charge >= 0.3 is 5.97 Å². The molecule has 8 rings (SSSR count). The van der Waals surface area contributed by atoms with Crippen LogP contribution in [0.3, 0.4) is 0 Å². The molecule has 60 heavy (non-hydrogen) atoms. The fraction of sp³-hybridized carbons (Fsp3) is 0.404. The van der Waals surface area contributed by atoms with Crippen LogP contribution in [0.4, 0.5) is 17.1 Å². The molecule has 4 aliphatic rings. The Kier molecular flexibility index (Phi) is 11.3. The quantitative estimate of drug-likeness (QED) is 0.104. The van der Waals surface area contributed by atoms with Gasteiger partial charge < -0.3 is 33.9 Å². The summed E-state index contributed by atoms with van der Waals surface area (Å²) in [5, 5.41) is 11.7. The third-order valence-electron chi connectivity index (χ3n) is 13.3. The Morgan fingerprint density at radius 2 is 1.65 bits per heavy atom. The Morgan fingerprint density at radius 3 is 2.38 bits per heavy atom. The highest BCUT2D eigenvalue weighted by Crippen LogP contribution is 2.61. The summed E-state index contributed by atoms with van der Waals surface area (Å²) < 4.78 is 23.5. The second-order valence-electron chi connectivity index (χ2n) is 16.9. The first kappa shape index (κ1) is 41.2. The zero-order chi connectivity index (χ0) is 42.3. The van der Waals surface area contributed by atoms with Crippen LogP contribution in [-0.4, -0.2) is 87.9 Å². The summed E-state index contributed by atoms with van der Waals surface area (Å²) in [6.45, 7) is 7.01. The molecular weight excluding hydrogens is 779 g/mol. The lowest BCUT2D eigenvalue weighted by atomic mass is 9.82. The van der Waals surface area contributed by atoms with Crippen LogP contribution in [-0.2, 0) is 47.2 Å². The third kappa shape index (κ3) is 7.05. The van der Waals surface area contributed by atoms with Crippen LogP contribution in [0.15, 0.2) is 91.0 Å². The smallest absolute Gasteiger partial charge is 0.305 e. The predicted molar refractivity (Wildman–Crippen MR) is 230 cm³/mol. The maximum absolute atomic E-state index is 15.5. The summed E-state index contributed by atoms with van der Waals surface area (Å²) in [6, 6.07) is 28.7. The van der Waals surface area contributed by atoms with Crippen LogP contribution >= 0.6 is 0 Å². The summed E-state index contributed by atoms with van der Waals surface area (Å²) in [5.41, 5.74) is 2.92. The minimum atomic E-state index is -2.63. The molecule has 0 radical (unpaired) electrons. The van der Waals surface area contributed by atoms with E-state index in [1.807, 2.05) is 78.9 Å². The Hall–Kier alpha value is -5.50. The molecule has 3 amide bonds. The van der Waals surface area contributed by atoms with Gasteiger partial charge in [0, 0.05) is 36.7 Å². The fourth-order valence-electron chi connectivity index (χ4n) is 10.2. The molecule has 12 nitrogen and oxygen atoms in total. The number of amides is 3. The highest BCUT2D eigenvalue weighted by molar-refractivity contribution is 6.91. The van der Waals surface area contributed by atoms with Crippen molar-refractivity contribution in [2.24, 2.45) is 5.92 Å². The van der Waals surface area contributed by atoms with Crippen molar-refractivity contribution in [2.75, 3.05) is 43.8 Å². The van der Waals surface area contributed by atoms with E-state index in [1.165, 1.54) is 7.11 Å². The number of hydrogen-bond acceptors (Lipinski definition) is 9. The van der Waals surface area contributed by atoms with Crippen LogP contribution in [0.2, 0.25) is 18.6 Å². The Morgan fingerprint density at radius 1 is 0.917 bits per heavy atom. The van der Waals surface area contributed by atoms with Crippen molar-refractivity contribution in [3.63, 3.8) is 0 Å². The van der Waals surface area contributed by atoms with Crippen molar-refractivity contribution in [3.8, 4) is 11.5 Å². The van der Waals surface area contributed by atoms with Gasteiger partial charge in [0.05, 0.1) is 58.8 Å². The average molecular weight is 832 g/mol. The summed E-state index contributed by atoms with van der Waals surface area (Å²) >= 11 is 0. The van der Waals surface area contributed by atoms with E-state index in [0.717, 1.165) is 22.1 Å². The monoisotopic (exact) mass is 831 g/mol. The lowest BCUT2D eigenvalue weighted by Crippen LogP contribution is -2.52. The molecule has 5 atom stereocenters. The predicted octanol–water partition coefficient (Wildman–Crippen LogP) is 5.99. The number of unbranched alkanes of at least 4 members (excludes halogenated alkanes) is 1. The van der Waals surface area contributed by atoms with Gasteiger partial charge in [0.15, 0.2) is 12.2 Å². The van der Waals surface area contributed by atoms with E-state index >= 15 is 4.79 Å². The van der Waals surface area contributed by atoms with E-state index in [0.29, 0.717) is 60.7 Å². The van der Waals surface area contributed by atoms with Gasteiger partial charge in [0.1, 0.15) is 11.5 Å². The number of carbonyl (C=O) groups excluding carboxylic acids is 4. The molecule has 0 aliphatic carbocycles. The molecule has 4 heterocycles. The lowest BCUT2D eigenvalue weighted by Gasteiger charge is -2.39. The van der Waals surface area contributed by atoms with Gasteiger partial charge in [-0.25, -0.2) is 0 Å². The number of nitrogens with zero attached hydrogens (tertiary/aromatic N) is 3. The van der Waals surface area contributed by atoms with Crippen molar-refractivity contribution in [3.05, 3.63) is 108 Å². The first-order valence-electron chi connectivity index (χ1n) is 20.8. The SMILES string of the molecule is COC(=O)CCCCN1C(=O)[C@]2(O[C@H](CC(=O)N3Cc4ccccc4C[C@H]3CO)[C@@H]([Si](C)(C)c3ccc(OC)cc3)[C@@H]2C)c2cc(N3C(=O)COc4ccccc43)ccc21. The fourth-order valence-corrected chi connectivity index (χ4v) is 14.2. The number of aliphatic hydroxyl groups is 1. The Labute approximate surface area is 352 Å². The molecule has 1 saturated heterocycles. The first-order chi connectivity index (χ1) is 28.9. The van der Waals surface area contributed by atoms with Gasteiger partial charge in [-0.2, -0.15) is 0 Å². The van der Waals surface area contributed by atoms with Gasteiger partial charge in [-0.05, 0) is 78.4 Å². The minimum Gasteiger partial charge on any atom is -0.497 e. The van der Waals surface area contributed by atoms with Crippen LogP contribution < -0.4 is 24.5 Å². The van der Waals surface area contributed by atoms with Crippen LogP contribution in [0, 0.1) is 5.92 Å². The summed E-state index contributed by atoms with van der Waals surface area (Å²) in [6.07, 6.45) is 1.18. The highest BCUT2D eigenvalue weighted by Gasteiger charge is 2.66. The molecule has 4 aromatic carbocycles. The van der Waals surface area contributed by atoms with Crippen molar-refractivity contribution in [1.29, 1.82) is 0 Å². The van der Waals surface area contributed by atoms with E-state index in [4.69, 9.17) is 18.9 Å². The maximum Gasteiger partial charge on any atom is 0.305 e. The molecule has 0 bridgehead atoms. The molecule has 1 spiro atoms. The van der Waals surface area contributed by atoms with E-state index in [1.54, 1.807) is 21.8 Å². The molecule has 0 saturated carbocycles. The second-order valence-corrected chi connectivity index (χ2v) is 21.6. The zero-order valence-electron chi connectivity index (χ0n) is 34.9. The van der Waals surface area contributed by atoms with Crippen molar-refractivity contribution < 1.29 is 43.2 Å². The van der Waals surface area contributed by atoms with Gasteiger partial charge in [-0.3, -0.25) is 24.1 Å². The number of fused-ring (bicyclic) bond motifs is 4. The van der Waals surface area contributed by atoms with E-state index in [9.17, 15) is 19.5 Å². The van der Waals surface area contributed by atoms with Gasteiger partial charge in [0.2, 0.25) is 5.91 Å². The highest BCUT2D eigenvalue weighted by atomic mass is 28.3. The zero-order valence-corrected chi connectivity index (χ0v) is 35.9. The Bertz CT molecular complexity index is 2300. The minimum absolute atomic E-state index is 0.0127. The number of rotatable bonds is 12. The maximum atomic E-state index is 15.5. The van der Waals surface area contributed by atoms with Gasteiger partial charge in [0.25, 0.3) is 11.8 Å². The van der Waals surface area contributed by atoms with Crippen LogP contribution in [0.1, 0.15) is 49.3 Å². The number of carbonyl (C=O) groups is 4. The average Bonchev–Trinajstić information content (AvgIpc) is 3.69. The largest absolute Gasteiger partial charge is 0.497 e. The number of esters is 1. The standard InChI is InChI=1S/C47H53N3O9Si/c1-30-45(60(4,5)36-20-18-35(56-2)19-21-36)41(26-42(52)49-27-32-13-7-6-12-31(32)24-34(49)28-51)59-47(30)37-25-33(50-39-14-8-9-15-40(39)58-29-43(50)53)17-22-38(37)48(46(47)55)23-11-10-16-44(54)57-3/h6-9,12-15,17-22,25,30,34,41,45,51H,10-11,16,23-24,26-29H2,1-5H3/t30-,34-,41+,45-,47+/m0/s1. The second kappa shape index (κ2) is 16.5. The molecular formula is C47H53N3O9Si. The lowest BCUT2D eigenvalue weighted by molar-refractivity contribution is -0.151. The number of ether oxygens (including phenoxy) is 4. The normalized spacial score (nSPS) is 23.3. The molecule has 0 aromatic heterocycles. The molecule has 13 heteroatoms. The van der Waals surface area contributed by atoms with Gasteiger partial charge in [-0.15, -0.1) is 0 Å². The van der Waals surface area contributed by atoms with E-state index < -0.39 is 31.7 Å². The first-order valence-corrected chi connectivity index (χ1v) is 23.9. The number of hydrogen-bond donors (Lipinski definition) is 1. The van der Waals surface area contributed by atoms with Crippen LogP contribution in [0.5, 0.6) is 11.5 Å². The summed E-state index contributed by atoms with van der Waals surface area (Å²) in [5.74, 6) is -0.0300. The summed E-state index contributed by atoms with van der Waals surface area (Å²) in [7, 11) is 0.369. The number of aliphatic hydroxyl groups excluding tert-OH is 1. The molecule has 0 unspecified atom stereocenters. The molecule has 4 aromatic rings. The molecule has 4 aliphatic heterocycles. The topological polar surface area (TPSA) is 135 Å². The number of anilines is 3. The number of para-hydroxylation sites is 2. The van der Waals surface area contributed by atoms with Gasteiger partial charge in [-0.1, -0.05) is 73.7 Å². The van der Waals surface area contributed by atoms with E-state index in [-0.39, 0.29) is 55.3 Å². The van der Waals surface area contributed by atoms with Crippen LogP contribution in [0.25, 0.3) is 0 Å². The van der Waals surface area contributed by atoms with Crippen molar-refractivity contribution in [1.82, 2.24) is 4.90 Å². The van der Waals surface area contributed by atoms with Crippen molar-refractivity contribution in [2.45, 2.75) is 82.0 Å². The Balaban J connectivity index is 1.23. The molecule has 1 fully saturated rings. The molecule has 314 valence electrons. The van der Waals surface area contributed by atoms with E-state index in [2.05, 4.69) is 32.2 Å². The molecule has 1 N–H and O–H groups in total. The number of methoxy groups -OCH3 is 2. The third-order valence-corrected chi connectivity index (χ3v) is 17.6. The van der Waals surface area contributed by atoms with Crippen molar-refractivity contribution >= 4 is 54.0 Å². The summed E-state index contributed by atoms with van der Waals surface area (Å²) in [4.78, 5) is 61.1.